The van der Waals surface area contributed by atoms with Gasteiger partial charge in [-0.1, -0.05) is 24.3 Å². The van der Waals surface area contributed by atoms with E-state index in [0.717, 1.165) is 29.8 Å². The standard InChI is InChI=1S/C17H16N4O/c22-17-13(6-5-10-7-19-20-15(10)17)16-12-4-2-1-3-11(12)14-8-18-9-21(14)16/h1-4,7-9,13,16-17,22H,5-6H2,(H,19,20)/t13-,16+,17-/m1/s1. The zero-order valence-corrected chi connectivity index (χ0v) is 12.0. The molecule has 0 saturated carbocycles. The minimum atomic E-state index is -0.516. The molecular weight excluding hydrogens is 276 g/mol. The first-order valence-electron chi connectivity index (χ1n) is 7.66. The molecule has 2 aliphatic rings. The zero-order valence-electron chi connectivity index (χ0n) is 12.0. The number of rotatable bonds is 1. The van der Waals surface area contributed by atoms with Crippen molar-refractivity contribution in [2.75, 3.05) is 0 Å². The van der Waals surface area contributed by atoms with Gasteiger partial charge in [-0.3, -0.25) is 5.10 Å². The van der Waals surface area contributed by atoms with E-state index in [9.17, 15) is 5.11 Å². The van der Waals surface area contributed by atoms with Crippen LogP contribution < -0.4 is 0 Å². The molecule has 110 valence electrons. The van der Waals surface area contributed by atoms with Gasteiger partial charge in [0.15, 0.2) is 0 Å². The highest BCUT2D eigenvalue weighted by molar-refractivity contribution is 5.69. The van der Waals surface area contributed by atoms with E-state index >= 15 is 0 Å². The Hall–Kier alpha value is -2.40. The van der Waals surface area contributed by atoms with Gasteiger partial charge in [0.05, 0.1) is 36.2 Å². The van der Waals surface area contributed by atoms with Gasteiger partial charge < -0.3 is 9.67 Å². The number of hydrogen-bond acceptors (Lipinski definition) is 3. The fourth-order valence-corrected chi connectivity index (χ4v) is 4.11. The molecule has 5 rings (SSSR count). The molecule has 5 nitrogen and oxygen atoms in total. The van der Waals surface area contributed by atoms with Gasteiger partial charge >= 0.3 is 0 Å². The maximum atomic E-state index is 10.9. The smallest absolute Gasteiger partial charge is 0.101 e. The molecule has 3 heterocycles. The lowest BCUT2D eigenvalue weighted by atomic mass is 9.78. The van der Waals surface area contributed by atoms with E-state index in [-0.39, 0.29) is 12.0 Å². The van der Waals surface area contributed by atoms with Gasteiger partial charge in [-0.2, -0.15) is 5.10 Å². The summed E-state index contributed by atoms with van der Waals surface area (Å²) < 4.78 is 2.21. The van der Waals surface area contributed by atoms with Crippen LogP contribution in [0.2, 0.25) is 0 Å². The number of hydrogen-bond donors (Lipinski definition) is 2. The highest BCUT2D eigenvalue weighted by Crippen LogP contribution is 2.49. The van der Waals surface area contributed by atoms with Gasteiger partial charge in [-0.25, -0.2) is 4.98 Å². The summed E-state index contributed by atoms with van der Waals surface area (Å²) in [6.45, 7) is 0. The number of aliphatic hydroxyl groups is 1. The Kier molecular flexibility index (Phi) is 2.38. The quantitative estimate of drug-likeness (QED) is 0.724. The number of benzene rings is 1. The summed E-state index contributed by atoms with van der Waals surface area (Å²) in [5.41, 5.74) is 5.67. The minimum Gasteiger partial charge on any atom is -0.386 e. The average Bonchev–Trinajstić information content (AvgIpc) is 3.23. The lowest BCUT2D eigenvalue weighted by Crippen LogP contribution is -2.28. The van der Waals surface area contributed by atoms with Crippen LogP contribution in [-0.4, -0.2) is 24.9 Å². The molecule has 0 saturated heterocycles. The molecule has 1 aliphatic heterocycles. The number of nitrogens with zero attached hydrogens (tertiary/aromatic N) is 3. The lowest BCUT2D eigenvalue weighted by Gasteiger charge is -2.33. The predicted octanol–water partition coefficient (Wildman–Crippen LogP) is 2.47. The number of aliphatic hydroxyl groups excluding tert-OH is 1. The van der Waals surface area contributed by atoms with Crippen molar-refractivity contribution in [2.45, 2.75) is 25.0 Å². The molecule has 1 aromatic carbocycles. The first kappa shape index (κ1) is 12.2. The number of imidazole rings is 1. The van der Waals surface area contributed by atoms with E-state index in [1.54, 1.807) is 0 Å². The number of aromatic nitrogens is 4. The SMILES string of the molecule is O[C@H]1c2[nH]ncc2CC[C@@H]1[C@@H]1c2ccccc2-c2cncn21. The molecule has 0 bridgehead atoms. The van der Waals surface area contributed by atoms with E-state index in [0.29, 0.717) is 0 Å². The summed E-state index contributed by atoms with van der Waals surface area (Å²) in [6.07, 6.45) is 7.02. The number of aryl methyl sites for hydroxylation is 1. The molecule has 3 aromatic rings. The fraction of sp³-hybridized carbons (Fsp3) is 0.294. The Labute approximate surface area is 127 Å². The van der Waals surface area contributed by atoms with Crippen molar-refractivity contribution >= 4 is 0 Å². The maximum Gasteiger partial charge on any atom is 0.101 e. The molecule has 3 atom stereocenters. The van der Waals surface area contributed by atoms with E-state index in [1.807, 2.05) is 18.7 Å². The summed E-state index contributed by atoms with van der Waals surface area (Å²) in [7, 11) is 0. The van der Waals surface area contributed by atoms with Crippen molar-refractivity contribution < 1.29 is 5.11 Å². The summed E-state index contributed by atoms with van der Waals surface area (Å²) in [5.74, 6) is 0.129. The maximum absolute atomic E-state index is 10.9. The summed E-state index contributed by atoms with van der Waals surface area (Å²) in [6, 6.07) is 8.58. The first-order valence-corrected chi connectivity index (χ1v) is 7.66. The van der Waals surface area contributed by atoms with Gasteiger partial charge in [-0.15, -0.1) is 0 Å². The van der Waals surface area contributed by atoms with Crippen molar-refractivity contribution in [3.63, 3.8) is 0 Å². The highest BCUT2D eigenvalue weighted by atomic mass is 16.3. The number of H-pyrrole nitrogens is 1. The third-order valence-electron chi connectivity index (χ3n) is 5.13. The predicted molar refractivity (Wildman–Crippen MR) is 81.2 cm³/mol. The van der Waals surface area contributed by atoms with Gasteiger partial charge in [0.25, 0.3) is 0 Å². The van der Waals surface area contributed by atoms with Crippen molar-refractivity contribution in [1.82, 2.24) is 19.7 Å². The van der Waals surface area contributed by atoms with Crippen LogP contribution in [0, 0.1) is 5.92 Å². The molecule has 2 aromatic heterocycles. The molecule has 0 fully saturated rings. The Morgan fingerprint density at radius 2 is 2.14 bits per heavy atom. The third-order valence-corrected chi connectivity index (χ3v) is 5.13. The molecule has 1 aliphatic carbocycles. The highest BCUT2D eigenvalue weighted by Gasteiger charge is 2.41. The molecular formula is C17H16N4O. The van der Waals surface area contributed by atoms with E-state index < -0.39 is 6.10 Å². The van der Waals surface area contributed by atoms with Gasteiger partial charge in [0.1, 0.15) is 6.10 Å². The van der Waals surface area contributed by atoms with Gasteiger partial charge in [-0.05, 0) is 24.0 Å². The van der Waals surface area contributed by atoms with Crippen LogP contribution in [0.3, 0.4) is 0 Å². The van der Waals surface area contributed by atoms with Crippen LogP contribution >= 0.6 is 0 Å². The van der Waals surface area contributed by atoms with Crippen LogP contribution in [0.4, 0.5) is 0 Å². The fourth-order valence-electron chi connectivity index (χ4n) is 4.11. The van der Waals surface area contributed by atoms with Gasteiger partial charge in [0, 0.05) is 11.5 Å². The number of aromatic amines is 1. The third kappa shape index (κ3) is 1.46. The number of nitrogens with one attached hydrogen (secondary N) is 1. The summed E-state index contributed by atoms with van der Waals surface area (Å²) in [5, 5.41) is 17.9. The summed E-state index contributed by atoms with van der Waals surface area (Å²) in [4.78, 5) is 4.31. The first-order chi connectivity index (χ1) is 10.8. The molecule has 0 amide bonds. The second kappa shape index (κ2) is 4.30. The second-order valence-corrected chi connectivity index (χ2v) is 6.17. The van der Waals surface area contributed by atoms with Crippen LogP contribution in [0.25, 0.3) is 11.3 Å². The Morgan fingerprint density at radius 3 is 3.09 bits per heavy atom. The topological polar surface area (TPSA) is 66.7 Å². The van der Waals surface area contributed by atoms with E-state index in [4.69, 9.17) is 0 Å². The normalized spacial score (nSPS) is 25.6. The van der Waals surface area contributed by atoms with Crippen molar-refractivity contribution in [3.05, 3.63) is 59.8 Å². The largest absolute Gasteiger partial charge is 0.386 e. The van der Waals surface area contributed by atoms with Crippen LogP contribution in [-0.2, 0) is 6.42 Å². The summed E-state index contributed by atoms with van der Waals surface area (Å²) >= 11 is 0. The van der Waals surface area contributed by atoms with Crippen LogP contribution in [0.15, 0.2) is 43.0 Å². The van der Waals surface area contributed by atoms with Crippen LogP contribution in [0.5, 0.6) is 0 Å². The molecule has 0 radical (unpaired) electrons. The molecule has 22 heavy (non-hydrogen) atoms. The monoisotopic (exact) mass is 292 g/mol. The average molecular weight is 292 g/mol. The molecule has 0 unspecified atom stereocenters. The van der Waals surface area contributed by atoms with E-state index in [2.05, 4.69) is 44.0 Å². The Balaban J connectivity index is 1.65. The molecule has 0 spiro atoms. The van der Waals surface area contributed by atoms with Crippen molar-refractivity contribution in [2.24, 2.45) is 5.92 Å². The van der Waals surface area contributed by atoms with Gasteiger partial charge in [0.2, 0.25) is 0 Å². The zero-order chi connectivity index (χ0) is 14.7. The Bertz CT molecular complexity index is 850. The van der Waals surface area contributed by atoms with Crippen molar-refractivity contribution in [3.8, 4) is 11.3 Å². The second-order valence-electron chi connectivity index (χ2n) is 6.17. The molecule has 5 heteroatoms. The lowest BCUT2D eigenvalue weighted by molar-refractivity contribution is 0.0684. The van der Waals surface area contributed by atoms with E-state index in [1.165, 1.54) is 11.1 Å². The van der Waals surface area contributed by atoms with Crippen molar-refractivity contribution in [1.29, 1.82) is 0 Å². The Morgan fingerprint density at radius 1 is 1.23 bits per heavy atom. The minimum absolute atomic E-state index is 0.129. The number of fused-ring (bicyclic) bond motifs is 4. The molecule has 2 N–H and O–H groups in total. The van der Waals surface area contributed by atoms with Crippen LogP contribution in [0.1, 0.15) is 35.4 Å².